The number of nitrogens with one attached hydrogen (secondary N) is 1. The van der Waals surface area contributed by atoms with Crippen LogP contribution in [-0.2, 0) is 0 Å². The van der Waals surface area contributed by atoms with Gasteiger partial charge in [-0.3, -0.25) is 9.78 Å². The first-order valence-corrected chi connectivity index (χ1v) is 7.50. The highest BCUT2D eigenvalue weighted by atomic mass is 35.5. The van der Waals surface area contributed by atoms with Crippen LogP contribution in [-0.4, -0.2) is 10.9 Å². The number of hydrogen-bond acceptors (Lipinski definition) is 3. The molecule has 0 unspecified atom stereocenters. The van der Waals surface area contributed by atoms with Gasteiger partial charge < -0.3 is 11.1 Å². The Balaban J connectivity index is 1.97. The highest BCUT2D eigenvalue weighted by Crippen LogP contribution is 2.28. The average molecular weight is 342 g/mol. The summed E-state index contributed by atoms with van der Waals surface area (Å²) >= 11 is 5.93. The normalized spacial score (nSPS) is 10.4. The molecule has 3 aromatic rings. The van der Waals surface area contributed by atoms with E-state index in [2.05, 4.69) is 10.3 Å². The minimum Gasteiger partial charge on any atom is -0.366 e. The molecule has 24 heavy (non-hydrogen) atoms. The summed E-state index contributed by atoms with van der Waals surface area (Å²) in [5, 5.41) is 3.52. The van der Waals surface area contributed by atoms with Crippen LogP contribution < -0.4 is 11.1 Å². The van der Waals surface area contributed by atoms with Gasteiger partial charge in [-0.25, -0.2) is 4.39 Å². The molecule has 0 aliphatic rings. The third kappa shape index (κ3) is 3.36. The molecule has 0 aliphatic heterocycles. The van der Waals surface area contributed by atoms with E-state index in [1.165, 1.54) is 18.2 Å². The maximum absolute atomic E-state index is 14.0. The molecule has 0 saturated carbocycles. The number of para-hydroxylation sites is 1. The summed E-state index contributed by atoms with van der Waals surface area (Å²) in [6, 6.07) is 14.5. The standard InChI is InChI=1S/C18H13ClFN3O/c19-11-5-6-15(20)14(9-11)17-10-12(7-8-22-17)23-16-4-2-1-3-13(16)18(21)24/h1-10H,(H2,21,24)(H,22,23). The molecule has 0 aliphatic carbocycles. The van der Waals surface area contributed by atoms with E-state index >= 15 is 0 Å². The van der Waals surface area contributed by atoms with Gasteiger partial charge in [-0.1, -0.05) is 23.7 Å². The molecule has 0 radical (unpaired) electrons. The van der Waals surface area contributed by atoms with Crippen LogP contribution in [0.2, 0.25) is 5.02 Å². The van der Waals surface area contributed by atoms with Crippen molar-refractivity contribution in [1.29, 1.82) is 0 Å². The van der Waals surface area contributed by atoms with Gasteiger partial charge in [0, 0.05) is 22.5 Å². The van der Waals surface area contributed by atoms with E-state index in [0.29, 0.717) is 33.2 Å². The monoisotopic (exact) mass is 341 g/mol. The average Bonchev–Trinajstić information content (AvgIpc) is 2.57. The summed E-state index contributed by atoms with van der Waals surface area (Å²) < 4.78 is 14.0. The van der Waals surface area contributed by atoms with Crippen LogP contribution in [0.3, 0.4) is 0 Å². The Bertz CT molecular complexity index is 914. The number of carbonyl (C=O) groups excluding carboxylic acids is 1. The molecule has 4 nitrogen and oxygen atoms in total. The topological polar surface area (TPSA) is 68.0 Å². The second kappa shape index (κ2) is 6.68. The summed E-state index contributed by atoms with van der Waals surface area (Å²) in [6.45, 7) is 0. The number of nitrogens with zero attached hydrogens (tertiary/aromatic N) is 1. The van der Waals surface area contributed by atoms with Crippen molar-refractivity contribution in [3.63, 3.8) is 0 Å². The molecule has 3 N–H and O–H groups in total. The number of hydrogen-bond donors (Lipinski definition) is 2. The predicted molar refractivity (Wildman–Crippen MR) is 92.9 cm³/mol. The molecule has 3 rings (SSSR count). The quantitative estimate of drug-likeness (QED) is 0.739. The predicted octanol–water partition coefficient (Wildman–Crippen LogP) is 4.38. The van der Waals surface area contributed by atoms with Crippen LogP contribution in [0.5, 0.6) is 0 Å². The fraction of sp³-hybridized carbons (Fsp3) is 0. The number of benzene rings is 2. The Morgan fingerprint density at radius 2 is 1.92 bits per heavy atom. The number of nitrogens with two attached hydrogens (primary N) is 1. The molecule has 0 saturated heterocycles. The van der Waals surface area contributed by atoms with Crippen molar-refractivity contribution < 1.29 is 9.18 Å². The third-order valence-corrected chi connectivity index (χ3v) is 3.67. The molecular weight excluding hydrogens is 329 g/mol. The van der Waals surface area contributed by atoms with Gasteiger partial charge >= 0.3 is 0 Å². The zero-order valence-electron chi connectivity index (χ0n) is 12.5. The van der Waals surface area contributed by atoms with Gasteiger partial charge in [-0.05, 0) is 42.5 Å². The van der Waals surface area contributed by atoms with Crippen molar-refractivity contribution in [2.24, 2.45) is 5.73 Å². The first kappa shape index (κ1) is 16.0. The molecule has 0 spiro atoms. The molecule has 1 amide bonds. The fourth-order valence-electron chi connectivity index (χ4n) is 2.31. The molecule has 1 heterocycles. The zero-order valence-corrected chi connectivity index (χ0v) is 13.2. The van der Waals surface area contributed by atoms with Gasteiger partial charge in [-0.2, -0.15) is 0 Å². The largest absolute Gasteiger partial charge is 0.366 e. The first-order chi connectivity index (χ1) is 11.5. The summed E-state index contributed by atoms with van der Waals surface area (Å²) in [7, 11) is 0. The number of pyridine rings is 1. The van der Waals surface area contributed by atoms with Gasteiger partial charge in [0.05, 0.1) is 16.9 Å². The van der Waals surface area contributed by atoms with Crippen LogP contribution in [0.4, 0.5) is 15.8 Å². The van der Waals surface area contributed by atoms with E-state index in [9.17, 15) is 9.18 Å². The van der Waals surface area contributed by atoms with Crippen molar-refractivity contribution in [2.45, 2.75) is 0 Å². The highest BCUT2D eigenvalue weighted by molar-refractivity contribution is 6.30. The molecule has 2 aromatic carbocycles. The maximum atomic E-state index is 14.0. The lowest BCUT2D eigenvalue weighted by atomic mass is 10.1. The van der Waals surface area contributed by atoms with Crippen molar-refractivity contribution in [3.05, 3.63) is 77.2 Å². The number of primary amides is 1. The number of amides is 1. The Kier molecular flexibility index (Phi) is 4.44. The summed E-state index contributed by atoms with van der Waals surface area (Å²) in [6.07, 6.45) is 1.55. The van der Waals surface area contributed by atoms with Crippen LogP contribution >= 0.6 is 11.6 Å². The van der Waals surface area contributed by atoms with Gasteiger partial charge in [0.15, 0.2) is 0 Å². The molecule has 0 atom stereocenters. The molecular formula is C18H13ClFN3O. The van der Waals surface area contributed by atoms with Crippen LogP contribution in [0.25, 0.3) is 11.3 Å². The molecule has 0 fully saturated rings. The minimum absolute atomic E-state index is 0.300. The second-order valence-electron chi connectivity index (χ2n) is 5.09. The van der Waals surface area contributed by atoms with E-state index in [1.54, 1.807) is 42.6 Å². The van der Waals surface area contributed by atoms with E-state index in [0.717, 1.165) is 0 Å². The SMILES string of the molecule is NC(=O)c1ccccc1Nc1ccnc(-c2cc(Cl)ccc2F)c1. The van der Waals surface area contributed by atoms with Gasteiger partial charge in [0.25, 0.3) is 5.91 Å². The van der Waals surface area contributed by atoms with Crippen LogP contribution in [0.15, 0.2) is 60.8 Å². The molecule has 0 bridgehead atoms. The Morgan fingerprint density at radius 1 is 1.12 bits per heavy atom. The smallest absolute Gasteiger partial charge is 0.250 e. The lowest BCUT2D eigenvalue weighted by Crippen LogP contribution is -2.13. The van der Waals surface area contributed by atoms with Crippen molar-refractivity contribution in [1.82, 2.24) is 4.98 Å². The number of anilines is 2. The fourth-order valence-corrected chi connectivity index (χ4v) is 2.48. The molecule has 6 heteroatoms. The number of halogens is 2. The summed E-state index contributed by atoms with van der Waals surface area (Å²) in [4.78, 5) is 15.7. The maximum Gasteiger partial charge on any atom is 0.250 e. The zero-order chi connectivity index (χ0) is 17.1. The van der Waals surface area contributed by atoms with E-state index in [4.69, 9.17) is 17.3 Å². The highest BCUT2D eigenvalue weighted by Gasteiger charge is 2.10. The number of aromatic nitrogens is 1. The van der Waals surface area contributed by atoms with E-state index in [1.807, 2.05) is 0 Å². The lowest BCUT2D eigenvalue weighted by Gasteiger charge is -2.11. The van der Waals surface area contributed by atoms with Gasteiger partial charge in [-0.15, -0.1) is 0 Å². The number of rotatable bonds is 4. The van der Waals surface area contributed by atoms with E-state index < -0.39 is 11.7 Å². The van der Waals surface area contributed by atoms with Crippen molar-refractivity contribution in [2.75, 3.05) is 5.32 Å². The summed E-state index contributed by atoms with van der Waals surface area (Å²) in [5.74, 6) is -0.949. The van der Waals surface area contributed by atoms with Gasteiger partial charge in [0.1, 0.15) is 5.82 Å². The van der Waals surface area contributed by atoms with Crippen molar-refractivity contribution >= 4 is 28.9 Å². The lowest BCUT2D eigenvalue weighted by molar-refractivity contribution is 0.100. The molecule has 120 valence electrons. The third-order valence-electron chi connectivity index (χ3n) is 3.44. The van der Waals surface area contributed by atoms with Gasteiger partial charge in [0.2, 0.25) is 0 Å². The second-order valence-corrected chi connectivity index (χ2v) is 5.53. The minimum atomic E-state index is -0.534. The Morgan fingerprint density at radius 3 is 2.71 bits per heavy atom. The first-order valence-electron chi connectivity index (χ1n) is 7.12. The summed E-state index contributed by atoms with van der Waals surface area (Å²) in [5.41, 5.74) is 7.67. The van der Waals surface area contributed by atoms with Crippen LogP contribution in [0, 0.1) is 5.82 Å². The molecule has 1 aromatic heterocycles. The van der Waals surface area contributed by atoms with E-state index in [-0.39, 0.29) is 0 Å². The Hall–Kier alpha value is -2.92. The van der Waals surface area contributed by atoms with Crippen LogP contribution in [0.1, 0.15) is 10.4 Å². The van der Waals surface area contributed by atoms with Crippen molar-refractivity contribution in [3.8, 4) is 11.3 Å². The Labute approximate surface area is 143 Å². The number of carbonyl (C=O) groups is 1.